The molecule has 0 fully saturated rings. The topological polar surface area (TPSA) is 108 Å². The lowest BCUT2D eigenvalue weighted by Gasteiger charge is -2.26. The van der Waals surface area contributed by atoms with E-state index in [4.69, 9.17) is 21.1 Å². The first-order valence-electron chi connectivity index (χ1n) is 12.4. The number of H-pyrrole nitrogens is 1. The molecule has 1 aromatic heterocycles. The number of rotatable bonds is 9. The van der Waals surface area contributed by atoms with E-state index in [0.29, 0.717) is 52.3 Å². The number of nitrogens with one attached hydrogen (secondary N) is 1. The smallest absolute Gasteiger partial charge is 0.273 e. The number of nitrogens with zero attached hydrogens (tertiary/aromatic N) is 2. The zero-order valence-electron chi connectivity index (χ0n) is 21.1. The van der Waals surface area contributed by atoms with E-state index in [1.807, 2.05) is 55.5 Å². The molecule has 1 aliphatic rings. The number of phenolic OH excluding ortho intramolecular Hbond substituents is 1. The highest BCUT2D eigenvalue weighted by Gasteiger charge is 2.42. The number of aromatic hydroxyl groups is 1. The van der Waals surface area contributed by atoms with Crippen LogP contribution in [0.15, 0.2) is 60.7 Å². The molecule has 9 heteroatoms. The van der Waals surface area contributed by atoms with Crippen molar-refractivity contribution in [1.82, 2.24) is 15.1 Å². The number of phenols is 1. The maximum atomic E-state index is 13.4. The van der Waals surface area contributed by atoms with Crippen molar-refractivity contribution in [2.75, 3.05) is 19.8 Å². The molecule has 2 heterocycles. The lowest BCUT2D eigenvalue weighted by Crippen LogP contribution is -2.32. The summed E-state index contributed by atoms with van der Waals surface area (Å²) in [4.78, 5) is 14.9. The second-order valence-corrected chi connectivity index (χ2v) is 9.42. The van der Waals surface area contributed by atoms with Gasteiger partial charge in [0, 0.05) is 22.7 Å². The van der Waals surface area contributed by atoms with Crippen LogP contribution in [0.4, 0.5) is 0 Å². The number of aromatic amines is 1. The van der Waals surface area contributed by atoms with Gasteiger partial charge >= 0.3 is 0 Å². The molecule has 1 amide bonds. The van der Waals surface area contributed by atoms with E-state index < -0.39 is 6.04 Å². The Kier molecular flexibility index (Phi) is 7.26. The molecular formula is C29H28ClN3O5. The Morgan fingerprint density at radius 2 is 1.87 bits per heavy atom. The fourth-order valence-corrected chi connectivity index (χ4v) is 4.92. The van der Waals surface area contributed by atoms with Crippen molar-refractivity contribution in [2.45, 2.75) is 26.5 Å². The van der Waals surface area contributed by atoms with Crippen molar-refractivity contribution in [3.05, 3.63) is 93.6 Å². The number of hydrogen-bond acceptors (Lipinski definition) is 6. The Bertz CT molecular complexity index is 1470. The Balaban J connectivity index is 1.58. The number of amides is 1. The van der Waals surface area contributed by atoms with Gasteiger partial charge in [0.1, 0.15) is 23.7 Å². The Morgan fingerprint density at radius 3 is 2.61 bits per heavy atom. The van der Waals surface area contributed by atoms with Crippen molar-refractivity contribution >= 4 is 17.5 Å². The summed E-state index contributed by atoms with van der Waals surface area (Å²) in [6, 6.07) is 18.0. The predicted octanol–water partition coefficient (Wildman–Crippen LogP) is 5.26. The maximum Gasteiger partial charge on any atom is 0.273 e. The summed E-state index contributed by atoms with van der Waals surface area (Å²) < 4.78 is 12.0. The lowest BCUT2D eigenvalue weighted by atomic mass is 9.95. The number of aromatic nitrogens is 2. The fourth-order valence-electron chi connectivity index (χ4n) is 4.76. The minimum Gasteiger partial charge on any atom is -0.507 e. The molecule has 8 nitrogen and oxygen atoms in total. The van der Waals surface area contributed by atoms with Gasteiger partial charge in [-0.2, -0.15) is 5.10 Å². The number of carbonyl (C=O) groups excluding carboxylic acids is 1. The third-order valence-corrected chi connectivity index (χ3v) is 6.96. The van der Waals surface area contributed by atoms with Crippen molar-refractivity contribution in [3.63, 3.8) is 0 Å². The number of β-amino-alcohol motifs (C(OH)–C–C–N with tert-alkyl or cyclic N) is 1. The number of halogens is 1. The van der Waals surface area contributed by atoms with Gasteiger partial charge in [-0.1, -0.05) is 48.0 Å². The number of aryl methyl sites for hydroxylation is 1. The van der Waals surface area contributed by atoms with Crippen molar-refractivity contribution in [1.29, 1.82) is 0 Å². The number of ether oxygens (including phenoxy) is 2. The van der Waals surface area contributed by atoms with Crippen molar-refractivity contribution < 1.29 is 24.5 Å². The van der Waals surface area contributed by atoms with Gasteiger partial charge in [-0.05, 0) is 54.8 Å². The molecule has 1 atom stereocenters. The van der Waals surface area contributed by atoms with Crippen LogP contribution in [0, 0.1) is 6.92 Å². The molecule has 1 aliphatic heterocycles. The summed E-state index contributed by atoms with van der Waals surface area (Å²) in [6.45, 7) is 4.39. The first-order valence-corrected chi connectivity index (χ1v) is 12.7. The van der Waals surface area contributed by atoms with Gasteiger partial charge in [-0.3, -0.25) is 9.89 Å². The average Bonchev–Trinajstić information content (AvgIpc) is 3.45. The molecule has 3 aromatic carbocycles. The van der Waals surface area contributed by atoms with Gasteiger partial charge in [0.2, 0.25) is 0 Å². The highest BCUT2D eigenvalue weighted by molar-refractivity contribution is 6.31. The van der Waals surface area contributed by atoms with E-state index in [9.17, 15) is 15.0 Å². The van der Waals surface area contributed by atoms with Gasteiger partial charge in [-0.25, -0.2) is 0 Å². The highest BCUT2D eigenvalue weighted by atomic mass is 35.5. The van der Waals surface area contributed by atoms with E-state index >= 15 is 0 Å². The highest BCUT2D eigenvalue weighted by Crippen LogP contribution is 2.46. The predicted molar refractivity (Wildman–Crippen MR) is 144 cm³/mol. The van der Waals surface area contributed by atoms with Crippen molar-refractivity contribution in [2.24, 2.45) is 0 Å². The van der Waals surface area contributed by atoms with E-state index in [-0.39, 0.29) is 24.8 Å². The van der Waals surface area contributed by atoms with E-state index in [2.05, 4.69) is 10.2 Å². The summed E-state index contributed by atoms with van der Waals surface area (Å²) in [5.41, 5.74) is 4.23. The second kappa shape index (κ2) is 10.8. The van der Waals surface area contributed by atoms with Gasteiger partial charge in [0.25, 0.3) is 5.91 Å². The number of fused-ring (bicyclic) bond motifs is 1. The van der Waals surface area contributed by atoms with Crippen LogP contribution in [0.1, 0.15) is 45.7 Å². The summed E-state index contributed by atoms with van der Waals surface area (Å²) in [7, 11) is 0. The van der Waals surface area contributed by atoms with Gasteiger partial charge in [-0.15, -0.1) is 0 Å². The summed E-state index contributed by atoms with van der Waals surface area (Å²) in [5.74, 6) is 0.829. The minimum atomic E-state index is -0.583. The Morgan fingerprint density at radius 1 is 1.08 bits per heavy atom. The summed E-state index contributed by atoms with van der Waals surface area (Å²) >= 11 is 6.37. The maximum absolute atomic E-state index is 13.4. The SMILES string of the molecule is CCOc1cc(C2c3c(-c4cc(Cl)c(C)cc4O)n[nH]c3C(=O)N2CCO)ccc1OCc1ccccc1. The van der Waals surface area contributed by atoms with Crippen LogP contribution in [-0.2, 0) is 6.61 Å². The number of benzene rings is 3. The Hall–Kier alpha value is -4.01. The third-order valence-electron chi connectivity index (χ3n) is 6.56. The summed E-state index contributed by atoms with van der Waals surface area (Å²) in [5, 5.41) is 28.2. The number of carbonyl (C=O) groups is 1. The normalized spacial score (nSPS) is 14.6. The molecule has 0 aliphatic carbocycles. The van der Waals surface area contributed by atoms with Crippen LogP contribution in [0.3, 0.4) is 0 Å². The van der Waals surface area contributed by atoms with Crippen LogP contribution in [-0.4, -0.2) is 51.0 Å². The number of hydrogen-bond donors (Lipinski definition) is 3. The lowest BCUT2D eigenvalue weighted by molar-refractivity contribution is 0.0706. The molecule has 0 saturated heterocycles. The zero-order valence-corrected chi connectivity index (χ0v) is 21.8. The van der Waals surface area contributed by atoms with Crippen LogP contribution in [0.5, 0.6) is 17.2 Å². The first kappa shape index (κ1) is 25.6. The molecule has 0 radical (unpaired) electrons. The van der Waals surface area contributed by atoms with E-state index in [1.165, 1.54) is 0 Å². The quantitative estimate of drug-likeness (QED) is 0.271. The molecule has 38 heavy (non-hydrogen) atoms. The van der Waals surface area contributed by atoms with E-state index in [0.717, 1.165) is 16.7 Å². The molecule has 0 spiro atoms. The van der Waals surface area contributed by atoms with Crippen LogP contribution in [0.2, 0.25) is 5.02 Å². The number of aliphatic hydroxyl groups is 1. The fraction of sp³-hybridized carbons (Fsp3) is 0.241. The second-order valence-electron chi connectivity index (χ2n) is 9.02. The van der Waals surface area contributed by atoms with Gasteiger partial charge in [0.15, 0.2) is 11.5 Å². The summed E-state index contributed by atoms with van der Waals surface area (Å²) in [6.07, 6.45) is 0. The molecule has 3 N–H and O–H groups in total. The first-order chi connectivity index (χ1) is 18.4. The van der Waals surface area contributed by atoms with Crippen molar-refractivity contribution in [3.8, 4) is 28.5 Å². The average molecular weight is 534 g/mol. The molecule has 0 saturated carbocycles. The monoisotopic (exact) mass is 533 g/mol. The molecule has 196 valence electrons. The standard InChI is InChI=1S/C29H28ClN3O5/c1-3-37-24-14-19(9-10-23(24)38-16-18-7-5-4-6-8-18)28-25-26(20-15-21(30)17(2)13-22(20)35)31-32-27(25)29(36)33(28)11-12-34/h4-10,13-15,28,34-35H,3,11-12,16H2,1-2H3,(H,31,32). The van der Waals surface area contributed by atoms with Crippen LogP contribution >= 0.6 is 11.6 Å². The minimum absolute atomic E-state index is 0.00710. The molecular weight excluding hydrogens is 506 g/mol. The Labute approximate surface area is 225 Å². The molecule has 0 bridgehead atoms. The van der Waals surface area contributed by atoms with Gasteiger partial charge < -0.3 is 24.6 Å². The molecule has 1 unspecified atom stereocenters. The third kappa shape index (κ3) is 4.68. The molecule has 5 rings (SSSR count). The van der Waals surface area contributed by atoms with Gasteiger partial charge in [0.05, 0.1) is 19.3 Å². The van der Waals surface area contributed by atoms with E-state index in [1.54, 1.807) is 24.0 Å². The largest absolute Gasteiger partial charge is 0.507 e. The zero-order chi connectivity index (χ0) is 26.8. The van der Waals surface area contributed by atoms with Crippen LogP contribution in [0.25, 0.3) is 11.3 Å². The molecule has 4 aromatic rings. The van der Waals surface area contributed by atoms with Crippen LogP contribution < -0.4 is 9.47 Å². The number of aliphatic hydroxyl groups excluding tert-OH is 1.